The smallest absolute Gasteiger partial charge is 0.317 e. The van der Waals surface area contributed by atoms with Crippen LogP contribution in [0.5, 0.6) is 6.01 Å². The van der Waals surface area contributed by atoms with Gasteiger partial charge in [0, 0.05) is 0 Å². The lowest BCUT2D eigenvalue weighted by molar-refractivity contribution is -0.134. The van der Waals surface area contributed by atoms with Crippen LogP contribution in [0.4, 0.5) is 15.9 Å². The fourth-order valence-electron chi connectivity index (χ4n) is 2.71. The van der Waals surface area contributed by atoms with Gasteiger partial charge in [-0.05, 0) is 18.2 Å². The highest BCUT2D eigenvalue weighted by atomic mass is 35.5. The van der Waals surface area contributed by atoms with Gasteiger partial charge in [0.25, 0.3) is 0 Å². The molecule has 1 aliphatic rings. The molecule has 0 atom stereocenters. The van der Waals surface area contributed by atoms with E-state index in [1.165, 1.54) is 30.7 Å². The maximum Gasteiger partial charge on any atom is 0.317 e. The molecule has 11 heteroatoms. The number of amides is 1. The minimum absolute atomic E-state index is 0.0815. The van der Waals surface area contributed by atoms with E-state index in [0.29, 0.717) is 24.1 Å². The van der Waals surface area contributed by atoms with Gasteiger partial charge in [-0.2, -0.15) is 4.98 Å². The maximum absolute atomic E-state index is 14.4. The predicted octanol–water partition coefficient (Wildman–Crippen LogP) is 3.38. The Labute approximate surface area is 174 Å². The number of benzene rings is 1. The summed E-state index contributed by atoms with van der Waals surface area (Å²) in [6, 6.07) is 3.01. The zero-order valence-corrected chi connectivity index (χ0v) is 16.3. The Morgan fingerprint density at radius 2 is 2.10 bits per heavy atom. The van der Waals surface area contributed by atoms with Gasteiger partial charge < -0.3 is 15.0 Å². The molecule has 3 aromatic rings. The van der Waals surface area contributed by atoms with Gasteiger partial charge in [-0.3, -0.25) is 4.79 Å². The normalized spacial score (nSPS) is 13.8. The van der Waals surface area contributed by atoms with Crippen LogP contribution in [0.3, 0.4) is 0 Å². The first kappa shape index (κ1) is 19.3. The number of carbonyl (C=O) groups excluding carboxylic acids is 1. The number of hydrogen-bond donors (Lipinski definition) is 1. The number of aromatic nitrogens is 4. The summed E-state index contributed by atoms with van der Waals surface area (Å²) < 4.78 is 20.1. The minimum Gasteiger partial charge on any atom is -0.456 e. The van der Waals surface area contributed by atoms with Crippen LogP contribution in [0.15, 0.2) is 37.3 Å². The largest absolute Gasteiger partial charge is 0.456 e. The third-order valence-corrected chi connectivity index (χ3v) is 5.03. The van der Waals surface area contributed by atoms with E-state index < -0.39 is 5.82 Å². The number of nitrogens with zero attached hydrogens (tertiary/aromatic N) is 5. The number of nitrogens with one attached hydrogen (secondary N) is 1. The summed E-state index contributed by atoms with van der Waals surface area (Å²) in [5, 5.41) is 2.75. The van der Waals surface area contributed by atoms with E-state index in [9.17, 15) is 9.18 Å². The number of ether oxygens (including phenoxy) is 1. The van der Waals surface area contributed by atoms with Gasteiger partial charge in [0.1, 0.15) is 23.5 Å². The quantitative estimate of drug-likeness (QED) is 0.485. The van der Waals surface area contributed by atoms with E-state index in [1.807, 2.05) is 0 Å². The van der Waals surface area contributed by atoms with Crippen LogP contribution in [-0.2, 0) is 4.79 Å². The van der Waals surface area contributed by atoms with Crippen LogP contribution in [0.1, 0.15) is 0 Å². The second-order valence-corrected chi connectivity index (χ2v) is 6.93. The van der Waals surface area contributed by atoms with Gasteiger partial charge in [0.15, 0.2) is 11.6 Å². The second-order valence-electron chi connectivity index (χ2n) is 6.14. The topological polar surface area (TPSA) is 93.1 Å². The second kappa shape index (κ2) is 7.76. The Morgan fingerprint density at radius 3 is 2.86 bits per heavy atom. The molecule has 1 aliphatic heterocycles. The molecule has 3 heterocycles. The van der Waals surface area contributed by atoms with E-state index >= 15 is 0 Å². The molecule has 29 heavy (non-hydrogen) atoms. The first-order valence-electron chi connectivity index (χ1n) is 8.42. The highest BCUT2D eigenvalue weighted by molar-refractivity contribution is 6.42. The van der Waals surface area contributed by atoms with Crippen molar-refractivity contribution in [2.75, 3.05) is 18.4 Å². The van der Waals surface area contributed by atoms with Crippen LogP contribution in [0, 0.1) is 5.82 Å². The van der Waals surface area contributed by atoms with Crippen LogP contribution in [-0.4, -0.2) is 49.9 Å². The summed E-state index contributed by atoms with van der Waals surface area (Å²) in [5.41, 5.74) is 0.853. The van der Waals surface area contributed by atoms with Gasteiger partial charge in [0.2, 0.25) is 5.91 Å². The van der Waals surface area contributed by atoms with Gasteiger partial charge in [0.05, 0.1) is 35.0 Å². The van der Waals surface area contributed by atoms with Gasteiger partial charge in [-0.15, -0.1) is 0 Å². The highest BCUT2D eigenvalue weighted by Gasteiger charge is 2.31. The minimum atomic E-state index is -0.710. The molecule has 8 nitrogen and oxygen atoms in total. The van der Waals surface area contributed by atoms with E-state index in [1.54, 1.807) is 4.90 Å². The molecule has 1 amide bonds. The molecule has 0 unspecified atom stereocenters. The Bertz CT molecular complexity index is 1120. The highest BCUT2D eigenvalue weighted by Crippen LogP contribution is 2.32. The summed E-state index contributed by atoms with van der Waals surface area (Å²) in [4.78, 5) is 29.8. The lowest BCUT2D eigenvalue weighted by Gasteiger charge is -2.37. The number of rotatable bonds is 5. The molecule has 4 rings (SSSR count). The molecular formula is C18H13Cl2FN6O2. The van der Waals surface area contributed by atoms with E-state index in [-0.39, 0.29) is 39.6 Å². The van der Waals surface area contributed by atoms with Crippen LogP contribution in [0.25, 0.3) is 11.0 Å². The Hall–Kier alpha value is -3.04. The molecule has 0 aliphatic carbocycles. The Balaban J connectivity index is 1.58. The number of halogens is 3. The van der Waals surface area contributed by atoms with Crippen LogP contribution < -0.4 is 10.1 Å². The van der Waals surface area contributed by atoms with Crippen molar-refractivity contribution < 1.29 is 13.9 Å². The van der Waals surface area contributed by atoms with Crippen molar-refractivity contribution in [1.29, 1.82) is 0 Å². The summed E-state index contributed by atoms with van der Waals surface area (Å²) in [5.74, 6) is -0.623. The number of anilines is 2. The van der Waals surface area contributed by atoms with Crippen molar-refractivity contribution in [2.45, 2.75) is 6.10 Å². The average Bonchev–Trinajstić information content (AvgIpc) is 2.70. The number of likely N-dealkylation sites (tertiary alicyclic amines) is 1. The standard InChI is InChI=1S/C18H13Cl2FN6O2/c1-2-13(28)27-6-9(7-27)29-18-22-5-12-16(26-18)17(24-8-23-12)25-11-4-3-10(19)14(20)15(11)21/h2-5,8-9H,1,6-7H2,(H,23,24,25). The first-order chi connectivity index (χ1) is 14.0. The summed E-state index contributed by atoms with van der Waals surface area (Å²) in [6.45, 7) is 4.27. The fourth-order valence-corrected chi connectivity index (χ4v) is 3.02. The number of carbonyl (C=O) groups is 1. The number of fused-ring (bicyclic) bond motifs is 1. The monoisotopic (exact) mass is 434 g/mol. The maximum atomic E-state index is 14.4. The Morgan fingerprint density at radius 1 is 1.31 bits per heavy atom. The zero-order chi connectivity index (χ0) is 20.5. The van der Waals surface area contributed by atoms with Crippen LogP contribution >= 0.6 is 23.2 Å². The van der Waals surface area contributed by atoms with Crippen molar-refractivity contribution in [3.05, 3.63) is 53.2 Å². The summed E-state index contributed by atoms with van der Waals surface area (Å²) in [6.07, 6.45) is 3.79. The predicted molar refractivity (Wildman–Crippen MR) is 106 cm³/mol. The average molecular weight is 435 g/mol. The summed E-state index contributed by atoms with van der Waals surface area (Å²) in [7, 11) is 0. The molecule has 1 saturated heterocycles. The van der Waals surface area contributed by atoms with Gasteiger partial charge in [-0.25, -0.2) is 19.3 Å². The van der Waals surface area contributed by atoms with E-state index in [4.69, 9.17) is 27.9 Å². The lowest BCUT2D eigenvalue weighted by Crippen LogP contribution is -2.55. The molecule has 1 N–H and O–H groups in total. The van der Waals surface area contributed by atoms with Gasteiger partial charge >= 0.3 is 6.01 Å². The van der Waals surface area contributed by atoms with E-state index in [2.05, 4.69) is 31.8 Å². The van der Waals surface area contributed by atoms with Crippen molar-refractivity contribution in [3.8, 4) is 6.01 Å². The molecule has 0 bridgehead atoms. The first-order valence-corrected chi connectivity index (χ1v) is 9.18. The molecule has 0 spiro atoms. The molecule has 148 valence electrons. The zero-order valence-electron chi connectivity index (χ0n) is 14.8. The third-order valence-electron chi connectivity index (χ3n) is 4.25. The van der Waals surface area contributed by atoms with Crippen molar-refractivity contribution in [3.63, 3.8) is 0 Å². The molecule has 1 aromatic carbocycles. The van der Waals surface area contributed by atoms with Crippen molar-refractivity contribution in [1.82, 2.24) is 24.8 Å². The van der Waals surface area contributed by atoms with Gasteiger partial charge in [-0.1, -0.05) is 29.8 Å². The Kier molecular flexibility index (Phi) is 5.16. The molecule has 2 aromatic heterocycles. The molecular weight excluding hydrogens is 422 g/mol. The third kappa shape index (κ3) is 3.79. The van der Waals surface area contributed by atoms with Crippen molar-refractivity contribution in [2.24, 2.45) is 0 Å². The molecule has 0 radical (unpaired) electrons. The SMILES string of the molecule is C=CC(=O)N1CC(Oc2ncc3ncnc(Nc4ccc(Cl)c(Cl)c4F)c3n2)C1. The lowest BCUT2D eigenvalue weighted by atomic mass is 10.1. The van der Waals surface area contributed by atoms with Crippen LogP contribution in [0.2, 0.25) is 10.0 Å². The molecule has 1 fully saturated rings. The van der Waals surface area contributed by atoms with Crippen molar-refractivity contribution >= 4 is 51.6 Å². The summed E-state index contributed by atoms with van der Waals surface area (Å²) >= 11 is 11.7. The fraction of sp³-hybridized carbons (Fsp3) is 0.167. The molecule has 0 saturated carbocycles. The number of hydrogen-bond acceptors (Lipinski definition) is 7. The van der Waals surface area contributed by atoms with E-state index in [0.717, 1.165) is 0 Å².